The predicted molar refractivity (Wildman–Crippen MR) is 41.5 cm³/mol. The first-order valence-electron chi connectivity index (χ1n) is 2.61. The van der Waals surface area contributed by atoms with Gasteiger partial charge in [-0.3, -0.25) is 0 Å². The monoisotopic (exact) mass is 237 g/mol. The zero-order valence-electron chi connectivity index (χ0n) is 5.14. The minimum Gasteiger partial charge on any atom is -0.191 e. The molecule has 0 spiro atoms. The lowest BCUT2D eigenvalue weighted by atomic mass is 10.3. The quantitative estimate of drug-likeness (QED) is 0.737. The van der Waals surface area contributed by atoms with Gasteiger partial charge in [0.25, 0.3) is 0 Å². The van der Waals surface area contributed by atoms with Crippen LogP contribution < -0.4 is 0 Å². The first-order chi connectivity index (χ1) is 5.06. The predicted octanol–water partition coefficient (Wildman–Crippen LogP) is 3.13. The van der Waals surface area contributed by atoms with Crippen molar-refractivity contribution in [2.45, 2.75) is 5.92 Å². The molecule has 0 radical (unpaired) electrons. The van der Waals surface area contributed by atoms with Crippen molar-refractivity contribution in [1.82, 2.24) is 0 Å². The van der Waals surface area contributed by atoms with E-state index in [1.807, 2.05) is 0 Å². The van der Waals surface area contributed by atoms with E-state index in [0.717, 1.165) is 17.4 Å². The minimum absolute atomic E-state index is 0.230. The molecule has 0 bridgehead atoms. The molecule has 0 amide bonds. The number of thiophene rings is 1. The second-order valence-electron chi connectivity index (χ2n) is 1.79. The number of halogens is 3. The van der Waals surface area contributed by atoms with Crippen LogP contribution in [-0.4, -0.2) is 0 Å². The van der Waals surface area contributed by atoms with E-state index >= 15 is 0 Å². The van der Waals surface area contributed by atoms with Crippen LogP contribution in [0.5, 0.6) is 0 Å². The normalized spacial score (nSPS) is 11.1. The smallest absolute Gasteiger partial charge is 0.191 e. The second kappa shape index (κ2) is 2.88. The Hall–Kier alpha value is -0.470. The molecule has 0 aromatic carbocycles. The minimum atomic E-state index is -3.35. The second-order valence-corrected chi connectivity index (χ2v) is 4.25. The summed E-state index contributed by atoms with van der Waals surface area (Å²) in [6.07, 6.45) is 0. The molecule has 1 aromatic rings. The molecule has 11 heavy (non-hydrogen) atoms. The van der Waals surface area contributed by atoms with Crippen molar-refractivity contribution in [3.8, 4) is 6.07 Å². The van der Waals surface area contributed by atoms with E-state index in [0.29, 0.717) is 3.79 Å². The molecule has 0 aliphatic heterocycles. The van der Waals surface area contributed by atoms with E-state index in [1.54, 1.807) is 0 Å². The van der Waals surface area contributed by atoms with Gasteiger partial charge in [-0.15, -0.1) is 11.3 Å². The Balaban J connectivity index is 3.04. The summed E-state index contributed by atoms with van der Waals surface area (Å²) in [6.45, 7) is 0. The van der Waals surface area contributed by atoms with E-state index < -0.39 is 5.92 Å². The van der Waals surface area contributed by atoms with E-state index in [-0.39, 0.29) is 4.88 Å². The van der Waals surface area contributed by atoms with Gasteiger partial charge in [-0.1, -0.05) is 0 Å². The van der Waals surface area contributed by atoms with Crippen molar-refractivity contribution in [2.75, 3.05) is 0 Å². The molecular formula is C6H2BrF2NS. The van der Waals surface area contributed by atoms with Gasteiger partial charge >= 0.3 is 5.92 Å². The Morgan fingerprint density at radius 3 is 2.55 bits per heavy atom. The lowest BCUT2D eigenvalue weighted by Crippen LogP contribution is -2.06. The highest BCUT2D eigenvalue weighted by Crippen LogP contribution is 2.34. The van der Waals surface area contributed by atoms with Crippen LogP contribution in [0.1, 0.15) is 4.88 Å². The van der Waals surface area contributed by atoms with Gasteiger partial charge in [-0.25, -0.2) is 0 Å². The number of hydrogen-bond donors (Lipinski definition) is 0. The third-order valence-electron chi connectivity index (χ3n) is 1.02. The van der Waals surface area contributed by atoms with Crippen LogP contribution in [0.15, 0.2) is 15.9 Å². The van der Waals surface area contributed by atoms with Gasteiger partial charge in [0.2, 0.25) is 0 Å². The number of nitrogens with zero attached hydrogens (tertiary/aromatic N) is 1. The van der Waals surface area contributed by atoms with Crippen molar-refractivity contribution < 1.29 is 8.78 Å². The van der Waals surface area contributed by atoms with Gasteiger partial charge in [-0.2, -0.15) is 14.0 Å². The summed E-state index contributed by atoms with van der Waals surface area (Å²) in [4.78, 5) is -0.230. The van der Waals surface area contributed by atoms with Crippen molar-refractivity contribution in [3.63, 3.8) is 0 Å². The fourth-order valence-electron chi connectivity index (χ4n) is 0.538. The molecule has 1 nitrogen and oxygen atoms in total. The average molecular weight is 238 g/mol. The molecule has 0 unspecified atom stereocenters. The summed E-state index contributed by atoms with van der Waals surface area (Å²) < 4.78 is 25.7. The fraction of sp³-hybridized carbons (Fsp3) is 0.167. The third kappa shape index (κ3) is 1.76. The van der Waals surface area contributed by atoms with Crippen LogP contribution in [0.25, 0.3) is 0 Å². The highest BCUT2D eigenvalue weighted by atomic mass is 79.9. The lowest BCUT2D eigenvalue weighted by Gasteiger charge is -2.01. The van der Waals surface area contributed by atoms with Crippen molar-refractivity contribution >= 4 is 27.3 Å². The zero-order valence-corrected chi connectivity index (χ0v) is 7.55. The van der Waals surface area contributed by atoms with Crippen molar-refractivity contribution in [3.05, 3.63) is 20.8 Å². The Kier molecular flexibility index (Phi) is 2.25. The van der Waals surface area contributed by atoms with Crippen molar-refractivity contribution in [2.24, 2.45) is 0 Å². The maximum Gasteiger partial charge on any atom is 0.366 e. The third-order valence-corrected chi connectivity index (χ3v) is 2.72. The van der Waals surface area contributed by atoms with Crippen LogP contribution in [0.4, 0.5) is 8.78 Å². The SMILES string of the molecule is N#CC(F)(F)c1ccc(Br)s1. The highest BCUT2D eigenvalue weighted by Gasteiger charge is 2.32. The summed E-state index contributed by atoms with van der Waals surface area (Å²) in [5.41, 5.74) is 0. The first kappa shape index (κ1) is 8.62. The van der Waals surface area contributed by atoms with Gasteiger partial charge in [0.05, 0.1) is 8.66 Å². The van der Waals surface area contributed by atoms with Crippen LogP contribution in [0.2, 0.25) is 0 Å². The molecule has 0 atom stereocenters. The molecule has 1 rings (SSSR count). The van der Waals surface area contributed by atoms with E-state index in [4.69, 9.17) is 5.26 Å². The summed E-state index contributed by atoms with van der Waals surface area (Å²) in [7, 11) is 0. The van der Waals surface area contributed by atoms with Gasteiger partial charge < -0.3 is 0 Å². The van der Waals surface area contributed by atoms with Crippen molar-refractivity contribution in [1.29, 1.82) is 5.26 Å². The fourth-order valence-corrected chi connectivity index (χ4v) is 1.85. The molecule has 1 aromatic heterocycles. The molecule has 0 N–H and O–H groups in total. The number of alkyl halides is 2. The number of rotatable bonds is 1. The van der Waals surface area contributed by atoms with Crippen LogP contribution in [-0.2, 0) is 5.92 Å². The Bertz CT molecular complexity index is 302. The van der Waals surface area contributed by atoms with Gasteiger partial charge in [-0.05, 0) is 28.1 Å². The lowest BCUT2D eigenvalue weighted by molar-refractivity contribution is 0.0655. The van der Waals surface area contributed by atoms with Gasteiger partial charge in [0.1, 0.15) is 6.07 Å². The summed E-state index contributed by atoms with van der Waals surface area (Å²) in [6, 6.07) is 3.65. The topological polar surface area (TPSA) is 23.8 Å². The largest absolute Gasteiger partial charge is 0.366 e. The maximum absolute atomic E-state index is 12.5. The van der Waals surface area contributed by atoms with Crippen LogP contribution in [0, 0.1) is 11.3 Å². The average Bonchev–Trinajstić information content (AvgIpc) is 2.36. The van der Waals surface area contributed by atoms with E-state index in [2.05, 4.69) is 15.9 Å². The molecule has 0 aliphatic rings. The Morgan fingerprint density at radius 1 is 1.55 bits per heavy atom. The molecule has 0 saturated heterocycles. The number of hydrogen-bond acceptors (Lipinski definition) is 2. The number of nitriles is 1. The zero-order chi connectivity index (χ0) is 8.48. The van der Waals surface area contributed by atoms with Gasteiger partial charge in [0.15, 0.2) is 0 Å². The standard InChI is InChI=1S/C6H2BrF2NS/c7-5-2-1-4(11-5)6(8,9)3-10/h1-2H. The summed E-state index contributed by atoms with van der Waals surface area (Å²) in [5.74, 6) is -3.35. The van der Waals surface area contributed by atoms with E-state index in [1.165, 1.54) is 12.1 Å². The van der Waals surface area contributed by atoms with Gasteiger partial charge in [0, 0.05) is 0 Å². The molecule has 5 heteroatoms. The Labute approximate surface area is 74.4 Å². The molecule has 0 fully saturated rings. The Morgan fingerprint density at radius 2 is 2.18 bits per heavy atom. The van der Waals surface area contributed by atoms with Crippen LogP contribution in [0.3, 0.4) is 0 Å². The molecule has 0 saturated carbocycles. The summed E-state index contributed by atoms with van der Waals surface area (Å²) in [5, 5.41) is 8.05. The first-order valence-corrected chi connectivity index (χ1v) is 4.22. The van der Waals surface area contributed by atoms with Crippen LogP contribution >= 0.6 is 27.3 Å². The molecule has 0 aliphatic carbocycles. The highest BCUT2D eigenvalue weighted by molar-refractivity contribution is 9.11. The molecule has 1 heterocycles. The summed E-state index contributed by atoms with van der Waals surface area (Å²) >= 11 is 3.89. The molecular weight excluding hydrogens is 236 g/mol. The maximum atomic E-state index is 12.5. The molecule has 58 valence electrons. The van der Waals surface area contributed by atoms with E-state index in [9.17, 15) is 8.78 Å².